The van der Waals surface area contributed by atoms with Crippen LogP contribution in [0.4, 0.5) is 0 Å². The van der Waals surface area contributed by atoms with Crippen LogP contribution in [0.1, 0.15) is 60.3 Å². The zero-order valence-corrected chi connectivity index (χ0v) is 11.8. The van der Waals surface area contributed by atoms with Crippen molar-refractivity contribution in [2.24, 2.45) is 0 Å². The fourth-order valence-electron chi connectivity index (χ4n) is 2.99. The Labute approximate surface area is 102 Å². The highest BCUT2D eigenvalue weighted by Crippen LogP contribution is 2.22. The van der Waals surface area contributed by atoms with E-state index in [0.717, 1.165) is 12.1 Å². The highest BCUT2D eigenvalue weighted by molar-refractivity contribution is 4.84. The molecule has 1 N–H and O–H groups in total. The van der Waals surface area contributed by atoms with E-state index in [-0.39, 0.29) is 0 Å². The first-order valence-electron chi connectivity index (χ1n) is 7.06. The molecule has 0 aliphatic carbocycles. The molecule has 1 aliphatic heterocycles. The minimum atomic E-state index is 0.619. The molecule has 0 aromatic carbocycles. The molecule has 1 aliphatic rings. The maximum Gasteiger partial charge on any atom is 0.0110 e. The Morgan fingerprint density at radius 2 is 1.94 bits per heavy atom. The predicted molar refractivity (Wildman–Crippen MR) is 71.8 cm³/mol. The van der Waals surface area contributed by atoms with Crippen molar-refractivity contribution in [3.63, 3.8) is 0 Å². The lowest BCUT2D eigenvalue weighted by molar-refractivity contribution is 0.148. The van der Waals surface area contributed by atoms with Gasteiger partial charge in [-0.2, -0.15) is 0 Å². The summed E-state index contributed by atoms with van der Waals surface area (Å²) < 4.78 is 0. The second-order valence-corrected chi connectivity index (χ2v) is 5.79. The summed E-state index contributed by atoms with van der Waals surface area (Å²) >= 11 is 0. The summed E-state index contributed by atoms with van der Waals surface area (Å²) in [5, 5.41) is 3.72. The van der Waals surface area contributed by atoms with Gasteiger partial charge in [-0.05, 0) is 46.1 Å². The third-order valence-corrected chi connectivity index (χ3v) is 3.70. The SMILES string of the molecule is CCC1CC(NC(C)C)CCCN1C(C)C. The van der Waals surface area contributed by atoms with Gasteiger partial charge in [0, 0.05) is 24.2 Å². The molecule has 0 radical (unpaired) electrons. The summed E-state index contributed by atoms with van der Waals surface area (Å²) in [7, 11) is 0. The average molecular weight is 226 g/mol. The molecule has 1 fully saturated rings. The van der Waals surface area contributed by atoms with Gasteiger partial charge in [-0.1, -0.05) is 20.8 Å². The van der Waals surface area contributed by atoms with E-state index in [1.807, 2.05) is 0 Å². The Balaban J connectivity index is 2.58. The van der Waals surface area contributed by atoms with Crippen LogP contribution < -0.4 is 5.32 Å². The van der Waals surface area contributed by atoms with Gasteiger partial charge in [0.1, 0.15) is 0 Å². The maximum absolute atomic E-state index is 3.72. The quantitative estimate of drug-likeness (QED) is 0.792. The molecule has 0 aromatic rings. The minimum Gasteiger partial charge on any atom is -0.312 e. The van der Waals surface area contributed by atoms with Gasteiger partial charge in [0.25, 0.3) is 0 Å². The number of rotatable bonds is 4. The third-order valence-electron chi connectivity index (χ3n) is 3.70. The van der Waals surface area contributed by atoms with Gasteiger partial charge in [-0.3, -0.25) is 4.90 Å². The largest absolute Gasteiger partial charge is 0.312 e. The van der Waals surface area contributed by atoms with E-state index < -0.39 is 0 Å². The molecule has 0 spiro atoms. The lowest BCUT2D eigenvalue weighted by Gasteiger charge is -2.33. The topological polar surface area (TPSA) is 15.3 Å². The number of nitrogens with one attached hydrogen (secondary N) is 1. The van der Waals surface area contributed by atoms with E-state index in [1.165, 1.54) is 32.2 Å². The molecular formula is C14H30N2. The molecule has 2 nitrogen and oxygen atoms in total. The van der Waals surface area contributed by atoms with Gasteiger partial charge in [0.2, 0.25) is 0 Å². The first-order valence-corrected chi connectivity index (χ1v) is 7.06. The third kappa shape index (κ3) is 4.06. The first kappa shape index (κ1) is 14.0. The standard InChI is InChI=1S/C14H30N2/c1-6-14-10-13(15-11(2)3)8-7-9-16(14)12(4)5/h11-15H,6-10H2,1-5H3. The molecule has 16 heavy (non-hydrogen) atoms. The van der Waals surface area contributed by atoms with Gasteiger partial charge in [-0.15, -0.1) is 0 Å². The molecule has 96 valence electrons. The Kier molecular flexibility index (Phi) is 5.77. The Morgan fingerprint density at radius 1 is 1.25 bits per heavy atom. The van der Waals surface area contributed by atoms with E-state index in [9.17, 15) is 0 Å². The molecule has 1 heterocycles. The van der Waals surface area contributed by atoms with Crippen molar-refractivity contribution in [1.29, 1.82) is 0 Å². The summed E-state index contributed by atoms with van der Waals surface area (Å²) in [5.41, 5.74) is 0. The van der Waals surface area contributed by atoms with Gasteiger partial charge in [0.15, 0.2) is 0 Å². The Bertz CT molecular complexity index is 189. The molecule has 2 heteroatoms. The zero-order valence-electron chi connectivity index (χ0n) is 11.8. The van der Waals surface area contributed by atoms with E-state index >= 15 is 0 Å². The summed E-state index contributed by atoms with van der Waals surface area (Å²) in [5.74, 6) is 0. The normalized spacial score (nSPS) is 28.7. The van der Waals surface area contributed by atoms with Crippen molar-refractivity contribution in [2.75, 3.05) is 6.54 Å². The van der Waals surface area contributed by atoms with Crippen LogP contribution in [0.5, 0.6) is 0 Å². The molecule has 1 rings (SSSR count). The second-order valence-electron chi connectivity index (χ2n) is 5.79. The van der Waals surface area contributed by atoms with Crippen molar-refractivity contribution in [3.8, 4) is 0 Å². The predicted octanol–water partition coefficient (Wildman–Crippen LogP) is 3.03. The molecule has 0 bridgehead atoms. The summed E-state index contributed by atoms with van der Waals surface area (Å²) in [6.07, 6.45) is 5.30. The molecule has 0 amide bonds. The van der Waals surface area contributed by atoms with Crippen molar-refractivity contribution in [3.05, 3.63) is 0 Å². The van der Waals surface area contributed by atoms with Gasteiger partial charge in [-0.25, -0.2) is 0 Å². The molecule has 1 saturated heterocycles. The van der Waals surface area contributed by atoms with Gasteiger partial charge >= 0.3 is 0 Å². The number of likely N-dealkylation sites (tertiary alicyclic amines) is 1. The lowest BCUT2D eigenvalue weighted by Crippen LogP contribution is -2.43. The van der Waals surface area contributed by atoms with Crippen molar-refractivity contribution in [2.45, 2.75) is 84.5 Å². The van der Waals surface area contributed by atoms with Gasteiger partial charge < -0.3 is 5.32 Å². The van der Waals surface area contributed by atoms with Crippen molar-refractivity contribution >= 4 is 0 Å². The first-order chi connectivity index (χ1) is 7.54. The van der Waals surface area contributed by atoms with Crippen LogP contribution in [-0.2, 0) is 0 Å². The molecular weight excluding hydrogens is 196 g/mol. The number of nitrogens with zero attached hydrogens (tertiary/aromatic N) is 1. The van der Waals surface area contributed by atoms with E-state index in [0.29, 0.717) is 12.1 Å². The fourth-order valence-corrected chi connectivity index (χ4v) is 2.99. The van der Waals surface area contributed by atoms with E-state index in [4.69, 9.17) is 0 Å². The maximum atomic E-state index is 3.72. The lowest BCUT2D eigenvalue weighted by atomic mass is 10.0. The van der Waals surface area contributed by atoms with Crippen LogP contribution in [-0.4, -0.2) is 35.6 Å². The second kappa shape index (κ2) is 6.61. The number of hydrogen-bond donors (Lipinski definition) is 1. The molecule has 2 atom stereocenters. The molecule has 2 unspecified atom stereocenters. The smallest absolute Gasteiger partial charge is 0.0110 e. The monoisotopic (exact) mass is 226 g/mol. The molecule has 0 aromatic heterocycles. The van der Waals surface area contributed by atoms with Crippen LogP contribution in [0.15, 0.2) is 0 Å². The highest BCUT2D eigenvalue weighted by Gasteiger charge is 2.26. The number of hydrogen-bond acceptors (Lipinski definition) is 2. The Morgan fingerprint density at radius 3 is 2.44 bits per heavy atom. The minimum absolute atomic E-state index is 0.619. The fraction of sp³-hybridized carbons (Fsp3) is 1.00. The van der Waals surface area contributed by atoms with Crippen molar-refractivity contribution in [1.82, 2.24) is 10.2 Å². The molecule has 0 saturated carbocycles. The summed E-state index contributed by atoms with van der Waals surface area (Å²) in [4.78, 5) is 2.70. The van der Waals surface area contributed by atoms with Crippen LogP contribution >= 0.6 is 0 Å². The Hall–Kier alpha value is -0.0800. The van der Waals surface area contributed by atoms with Crippen molar-refractivity contribution < 1.29 is 0 Å². The average Bonchev–Trinajstić information content (AvgIpc) is 2.38. The van der Waals surface area contributed by atoms with E-state index in [1.54, 1.807) is 0 Å². The van der Waals surface area contributed by atoms with Crippen LogP contribution in [0.3, 0.4) is 0 Å². The zero-order chi connectivity index (χ0) is 12.1. The van der Waals surface area contributed by atoms with Crippen LogP contribution in [0, 0.1) is 0 Å². The van der Waals surface area contributed by atoms with Gasteiger partial charge in [0.05, 0.1) is 0 Å². The van der Waals surface area contributed by atoms with Crippen LogP contribution in [0.2, 0.25) is 0 Å². The van der Waals surface area contributed by atoms with Crippen LogP contribution in [0.25, 0.3) is 0 Å². The van der Waals surface area contributed by atoms with E-state index in [2.05, 4.69) is 44.8 Å². The highest BCUT2D eigenvalue weighted by atomic mass is 15.2. The summed E-state index contributed by atoms with van der Waals surface area (Å²) in [6, 6.07) is 2.82. The summed E-state index contributed by atoms with van der Waals surface area (Å²) in [6.45, 7) is 12.8.